The standard InChI is InChI=1S/C21H22N4O2S/c1-2-25-20(27)15-10-9-14(13-17(15)23-21(25)28)19(26)22-16-7-3-4-8-18(16)24-11-5-6-12-24/h3-4,7-10,13H,2,5-6,11-12H2,1H3,(H,22,26)(H,23,28). The number of nitrogens with zero attached hydrogens (tertiary/aromatic N) is 2. The van der Waals surface area contributed by atoms with Gasteiger partial charge in [0.15, 0.2) is 4.77 Å². The number of anilines is 2. The first kappa shape index (κ1) is 18.4. The summed E-state index contributed by atoms with van der Waals surface area (Å²) in [5.41, 5.74) is 2.74. The fraction of sp³-hybridized carbons (Fsp3) is 0.286. The molecule has 0 unspecified atom stereocenters. The number of fused-ring (bicyclic) bond motifs is 1. The third-order valence-corrected chi connectivity index (χ3v) is 5.48. The van der Waals surface area contributed by atoms with Crippen LogP contribution in [0.1, 0.15) is 30.1 Å². The summed E-state index contributed by atoms with van der Waals surface area (Å²) in [4.78, 5) is 30.7. The van der Waals surface area contributed by atoms with Gasteiger partial charge >= 0.3 is 0 Å². The maximum Gasteiger partial charge on any atom is 0.262 e. The lowest BCUT2D eigenvalue weighted by Gasteiger charge is -2.21. The largest absolute Gasteiger partial charge is 0.370 e. The molecule has 6 nitrogen and oxygen atoms in total. The van der Waals surface area contributed by atoms with E-state index in [4.69, 9.17) is 12.2 Å². The van der Waals surface area contributed by atoms with E-state index in [-0.39, 0.29) is 11.5 Å². The molecule has 0 aliphatic carbocycles. The minimum absolute atomic E-state index is 0.146. The van der Waals surface area contributed by atoms with E-state index in [1.807, 2.05) is 31.2 Å². The van der Waals surface area contributed by atoms with Crippen molar-refractivity contribution in [3.05, 3.63) is 63.2 Å². The topological polar surface area (TPSA) is 70.1 Å². The molecule has 1 fully saturated rings. The smallest absolute Gasteiger partial charge is 0.262 e. The van der Waals surface area contributed by atoms with Crippen LogP contribution in [0.4, 0.5) is 11.4 Å². The normalized spacial score (nSPS) is 13.8. The van der Waals surface area contributed by atoms with Gasteiger partial charge < -0.3 is 15.2 Å². The van der Waals surface area contributed by atoms with E-state index in [9.17, 15) is 9.59 Å². The second-order valence-electron chi connectivity index (χ2n) is 6.91. The van der Waals surface area contributed by atoms with Crippen molar-refractivity contribution >= 4 is 40.4 Å². The zero-order valence-corrected chi connectivity index (χ0v) is 16.5. The van der Waals surface area contributed by atoms with E-state index in [1.54, 1.807) is 18.2 Å². The minimum atomic E-state index is -0.215. The van der Waals surface area contributed by atoms with Crippen molar-refractivity contribution in [3.63, 3.8) is 0 Å². The van der Waals surface area contributed by atoms with Crippen LogP contribution in [-0.4, -0.2) is 28.5 Å². The Hall–Kier alpha value is -2.93. The van der Waals surface area contributed by atoms with Crippen molar-refractivity contribution in [1.29, 1.82) is 0 Å². The average molecular weight is 395 g/mol. The maximum atomic E-state index is 12.9. The van der Waals surface area contributed by atoms with Crippen molar-refractivity contribution in [2.24, 2.45) is 0 Å². The van der Waals surface area contributed by atoms with Crippen LogP contribution in [0, 0.1) is 4.77 Å². The Morgan fingerprint density at radius 1 is 1.18 bits per heavy atom. The summed E-state index contributed by atoms with van der Waals surface area (Å²) in [6.07, 6.45) is 2.34. The van der Waals surface area contributed by atoms with Crippen LogP contribution < -0.4 is 15.8 Å². The number of amides is 1. The van der Waals surface area contributed by atoms with Gasteiger partial charge in [-0.15, -0.1) is 0 Å². The third kappa shape index (κ3) is 3.33. The number of H-pyrrole nitrogens is 1. The Balaban J connectivity index is 1.67. The first-order valence-electron chi connectivity index (χ1n) is 9.50. The fourth-order valence-corrected chi connectivity index (χ4v) is 4.01. The van der Waals surface area contributed by atoms with Crippen molar-refractivity contribution in [1.82, 2.24) is 9.55 Å². The summed E-state index contributed by atoms with van der Waals surface area (Å²) >= 11 is 5.26. The number of para-hydroxylation sites is 2. The molecule has 28 heavy (non-hydrogen) atoms. The second-order valence-corrected chi connectivity index (χ2v) is 7.29. The summed E-state index contributed by atoms with van der Waals surface area (Å²) < 4.78 is 1.86. The molecule has 2 N–H and O–H groups in total. The Labute approximate surface area is 167 Å². The van der Waals surface area contributed by atoms with Gasteiger partial charge in [0, 0.05) is 25.2 Å². The van der Waals surface area contributed by atoms with Crippen LogP contribution >= 0.6 is 12.2 Å². The molecule has 4 rings (SSSR count). The summed E-state index contributed by atoms with van der Waals surface area (Å²) in [5, 5.41) is 3.53. The first-order chi connectivity index (χ1) is 13.6. The van der Waals surface area contributed by atoms with Crippen LogP contribution in [-0.2, 0) is 6.54 Å². The lowest BCUT2D eigenvalue weighted by atomic mass is 10.1. The molecule has 2 aromatic carbocycles. The lowest BCUT2D eigenvalue weighted by Crippen LogP contribution is -2.22. The third-order valence-electron chi connectivity index (χ3n) is 5.16. The van der Waals surface area contributed by atoms with Crippen molar-refractivity contribution in [2.75, 3.05) is 23.3 Å². The molecule has 7 heteroatoms. The molecule has 1 amide bonds. The number of rotatable bonds is 4. The van der Waals surface area contributed by atoms with Gasteiger partial charge in [-0.05, 0) is 62.3 Å². The van der Waals surface area contributed by atoms with E-state index >= 15 is 0 Å². The number of carbonyl (C=O) groups excluding carboxylic acids is 1. The predicted molar refractivity (Wildman–Crippen MR) is 115 cm³/mol. The Bertz CT molecular complexity index is 1160. The molecule has 1 aromatic heterocycles. The van der Waals surface area contributed by atoms with Gasteiger partial charge in [-0.1, -0.05) is 12.1 Å². The number of hydrogen-bond donors (Lipinski definition) is 2. The van der Waals surface area contributed by atoms with Crippen molar-refractivity contribution in [2.45, 2.75) is 26.3 Å². The second kappa shape index (κ2) is 7.59. The van der Waals surface area contributed by atoms with E-state index in [2.05, 4.69) is 15.2 Å². The Morgan fingerprint density at radius 2 is 1.93 bits per heavy atom. The van der Waals surface area contributed by atoms with Crippen LogP contribution in [0.15, 0.2) is 47.3 Å². The molecule has 0 atom stereocenters. The maximum absolute atomic E-state index is 12.9. The highest BCUT2D eigenvalue weighted by Gasteiger charge is 2.17. The van der Waals surface area contributed by atoms with Crippen molar-refractivity contribution < 1.29 is 4.79 Å². The number of benzene rings is 2. The van der Waals surface area contributed by atoms with Gasteiger partial charge in [0.05, 0.1) is 22.3 Å². The molecular weight excluding hydrogens is 372 g/mol. The van der Waals surface area contributed by atoms with E-state index in [0.717, 1.165) is 24.5 Å². The molecule has 0 spiro atoms. The number of nitrogens with one attached hydrogen (secondary N) is 2. The lowest BCUT2D eigenvalue weighted by molar-refractivity contribution is 0.102. The van der Waals surface area contributed by atoms with Gasteiger partial charge in [0.25, 0.3) is 11.5 Å². The highest BCUT2D eigenvalue weighted by molar-refractivity contribution is 7.71. The van der Waals surface area contributed by atoms with Gasteiger partial charge in [-0.3, -0.25) is 14.2 Å². The monoisotopic (exact) mass is 394 g/mol. The van der Waals surface area contributed by atoms with E-state index < -0.39 is 0 Å². The molecule has 0 saturated carbocycles. The highest BCUT2D eigenvalue weighted by atomic mass is 32.1. The molecule has 3 aromatic rings. The van der Waals surface area contributed by atoms with E-state index in [0.29, 0.717) is 27.8 Å². The number of carbonyl (C=O) groups is 1. The zero-order valence-electron chi connectivity index (χ0n) is 15.7. The molecule has 144 valence electrons. The number of hydrogen-bond acceptors (Lipinski definition) is 4. The van der Waals surface area contributed by atoms with Crippen LogP contribution in [0.3, 0.4) is 0 Å². The van der Waals surface area contributed by atoms with Gasteiger partial charge in [-0.25, -0.2) is 0 Å². The molecule has 1 aliphatic heterocycles. The Kier molecular flexibility index (Phi) is 5.00. The van der Waals surface area contributed by atoms with Crippen molar-refractivity contribution in [3.8, 4) is 0 Å². The summed E-state index contributed by atoms with van der Waals surface area (Å²) in [6, 6.07) is 12.9. The summed E-state index contributed by atoms with van der Waals surface area (Å²) in [5.74, 6) is -0.215. The molecular formula is C21H22N4O2S. The summed E-state index contributed by atoms with van der Waals surface area (Å²) in [7, 11) is 0. The molecule has 2 heterocycles. The van der Waals surface area contributed by atoms with E-state index in [1.165, 1.54) is 17.4 Å². The van der Waals surface area contributed by atoms with Gasteiger partial charge in [-0.2, -0.15) is 0 Å². The molecule has 1 aliphatic rings. The predicted octanol–water partition coefficient (Wildman–Crippen LogP) is 3.93. The first-order valence-corrected chi connectivity index (χ1v) is 9.91. The van der Waals surface area contributed by atoms with Crippen LogP contribution in [0.2, 0.25) is 0 Å². The molecule has 0 bridgehead atoms. The molecule has 1 saturated heterocycles. The quantitative estimate of drug-likeness (QED) is 0.658. The molecule has 0 radical (unpaired) electrons. The Morgan fingerprint density at radius 3 is 2.68 bits per heavy atom. The highest BCUT2D eigenvalue weighted by Crippen LogP contribution is 2.29. The average Bonchev–Trinajstić information content (AvgIpc) is 3.23. The van der Waals surface area contributed by atoms with Crippen LogP contribution in [0.5, 0.6) is 0 Å². The number of aromatic amines is 1. The fourth-order valence-electron chi connectivity index (χ4n) is 3.69. The SMILES string of the molecule is CCn1c(=S)[nH]c2cc(C(=O)Nc3ccccc3N3CCCC3)ccc2c1=O. The van der Waals surface area contributed by atoms with Gasteiger partial charge in [0.1, 0.15) is 0 Å². The minimum Gasteiger partial charge on any atom is -0.370 e. The zero-order chi connectivity index (χ0) is 19.7. The summed E-state index contributed by atoms with van der Waals surface area (Å²) in [6.45, 7) is 4.38. The van der Waals surface area contributed by atoms with Crippen LogP contribution in [0.25, 0.3) is 10.9 Å². The van der Waals surface area contributed by atoms with Gasteiger partial charge in [0.2, 0.25) is 0 Å². The number of aromatic nitrogens is 2.